The number of rotatable bonds is 4. The second-order valence-corrected chi connectivity index (χ2v) is 7.01. The number of piperazine rings is 1. The standard InChI is InChI=1S/C22H23FN4O2/c1-2-19-18(15-24-27(19)17-9-7-16(23)8-10-17)22(29)26-13-11-25(12-14-26)20-5-3-4-6-21(20)28/h3-10,15,28H,2,11-14H2,1H3. The molecule has 0 saturated carbocycles. The highest BCUT2D eigenvalue weighted by Gasteiger charge is 2.26. The Morgan fingerprint density at radius 1 is 1.07 bits per heavy atom. The quantitative estimate of drug-likeness (QED) is 0.738. The van der Waals surface area contributed by atoms with Crippen molar-refractivity contribution in [3.63, 3.8) is 0 Å². The lowest BCUT2D eigenvalue weighted by atomic mass is 10.1. The second kappa shape index (κ2) is 7.95. The fourth-order valence-electron chi connectivity index (χ4n) is 3.75. The molecule has 1 aliphatic heterocycles. The van der Waals surface area contributed by atoms with Gasteiger partial charge in [0.25, 0.3) is 5.91 Å². The topological polar surface area (TPSA) is 61.6 Å². The number of anilines is 1. The molecule has 0 atom stereocenters. The largest absolute Gasteiger partial charge is 0.506 e. The minimum Gasteiger partial charge on any atom is -0.506 e. The van der Waals surface area contributed by atoms with Gasteiger partial charge in [-0.05, 0) is 42.8 Å². The summed E-state index contributed by atoms with van der Waals surface area (Å²) in [6.45, 7) is 4.41. The lowest BCUT2D eigenvalue weighted by Gasteiger charge is -2.36. The van der Waals surface area contributed by atoms with E-state index in [1.54, 1.807) is 35.1 Å². The SMILES string of the molecule is CCc1c(C(=O)N2CCN(c3ccccc3O)CC2)cnn1-c1ccc(F)cc1. The Labute approximate surface area is 168 Å². The van der Waals surface area contributed by atoms with Crippen LogP contribution in [0, 0.1) is 5.82 Å². The first-order valence-corrected chi connectivity index (χ1v) is 9.73. The summed E-state index contributed by atoms with van der Waals surface area (Å²) in [6, 6.07) is 13.3. The zero-order chi connectivity index (χ0) is 20.4. The molecule has 0 unspecified atom stereocenters. The van der Waals surface area contributed by atoms with Gasteiger partial charge in [-0.3, -0.25) is 4.79 Å². The number of aromatic nitrogens is 2. The number of aromatic hydroxyl groups is 1. The summed E-state index contributed by atoms with van der Waals surface area (Å²) >= 11 is 0. The Bertz CT molecular complexity index is 1010. The lowest BCUT2D eigenvalue weighted by molar-refractivity contribution is 0.0745. The molecule has 3 aromatic rings. The zero-order valence-corrected chi connectivity index (χ0v) is 16.3. The maximum Gasteiger partial charge on any atom is 0.257 e. The van der Waals surface area contributed by atoms with Gasteiger partial charge in [0, 0.05) is 26.2 Å². The van der Waals surface area contributed by atoms with E-state index in [1.807, 2.05) is 24.0 Å². The van der Waals surface area contributed by atoms with E-state index in [-0.39, 0.29) is 17.5 Å². The van der Waals surface area contributed by atoms with Crippen LogP contribution in [-0.2, 0) is 6.42 Å². The van der Waals surface area contributed by atoms with Crippen LogP contribution in [0.4, 0.5) is 10.1 Å². The highest BCUT2D eigenvalue weighted by Crippen LogP contribution is 2.27. The number of phenols is 1. The molecule has 6 nitrogen and oxygen atoms in total. The number of amides is 1. The van der Waals surface area contributed by atoms with Crippen LogP contribution < -0.4 is 4.90 Å². The average molecular weight is 394 g/mol. The molecule has 1 fully saturated rings. The molecule has 1 saturated heterocycles. The van der Waals surface area contributed by atoms with Crippen molar-refractivity contribution in [2.75, 3.05) is 31.1 Å². The molecule has 1 aliphatic rings. The first kappa shape index (κ1) is 19.0. The zero-order valence-electron chi connectivity index (χ0n) is 16.3. The van der Waals surface area contributed by atoms with Crippen LogP contribution in [0.1, 0.15) is 23.0 Å². The van der Waals surface area contributed by atoms with Crippen LogP contribution in [0.25, 0.3) is 5.69 Å². The van der Waals surface area contributed by atoms with Crippen molar-refractivity contribution in [2.45, 2.75) is 13.3 Å². The summed E-state index contributed by atoms with van der Waals surface area (Å²) in [5, 5.41) is 14.4. The van der Waals surface area contributed by atoms with E-state index in [0.29, 0.717) is 38.2 Å². The minimum absolute atomic E-state index is 0.0489. The second-order valence-electron chi connectivity index (χ2n) is 7.01. The van der Waals surface area contributed by atoms with Crippen molar-refractivity contribution in [2.24, 2.45) is 0 Å². The van der Waals surface area contributed by atoms with E-state index >= 15 is 0 Å². The molecule has 4 rings (SSSR count). The Balaban J connectivity index is 1.51. The van der Waals surface area contributed by atoms with E-state index in [1.165, 1.54) is 12.1 Å². The average Bonchev–Trinajstić information content (AvgIpc) is 3.18. The molecule has 1 N–H and O–H groups in total. The summed E-state index contributed by atoms with van der Waals surface area (Å²) in [6.07, 6.45) is 2.23. The van der Waals surface area contributed by atoms with Crippen molar-refractivity contribution < 1.29 is 14.3 Å². The maximum absolute atomic E-state index is 13.2. The molecule has 2 heterocycles. The van der Waals surface area contributed by atoms with Crippen LogP contribution in [0.3, 0.4) is 0 Å². The molecule has 0 radical (unpaired) electrons. The molecular weight excluding hydrogens is 371 g/mol. The van der Waals surface area contributed by atoms with Gasteiger partial charge in [-0.1, -0.05) is 19.1 Å². The molecular formula is C22H23FN4O2. The smallest absolute Gasteiger partial charge is 0.257 e. The van der Waals surface area contributed by atoms with E-state index in [9.17, 15) is 14.3 Å². The Morgan fingerprint density at radius 3 is 2.41 bits per heavy atom. The number of nitrogens with zero attached hydrogens (tertiary/aromatic N) is 4. The Hall–Kier alpha value is -3.35. The first-order chi connectivity index (χ1) is 14.1. The number of carbonyl (C=O) groups excluding carboxylic acids is 1. The van der Waals surface area contributed by atoms with Gasteiger partial charge >= 0.3 is 0 Å². The molecule has 2 aromatic carbocycles. The van der Waals surface area contributed by atoms with Crippen molar-refractivity contribution in [1.82, 2.24) is 14.7 Å². The molecule has 150 valence electrons. The molecule has 0 bridgehead atoms. The summed E-state index contributed by atoms with van der Waals surface area (Å²) < 4.78 is 14.9. The molecule has 29 heavy (non-hydrogen) atoms. The first-order valence-electron chi connectivity index (χ1n) is 9.73. The van der Waals surface area contributed by atoms with E-state index in [0.717, 1.165) is 17.1 Å². The predicted octanol–water partition coefficient (Wildman–Crippen LogP) is 3.24. The fourth-order valence-corrected chi connectivity index (χ4v) is 3.75. The number of benzene rings is 2. The third kappa shape index (κ3) is 3.68. The highest BCUT2D eigenvalue weighted by atomic mass is 19.1. The fraction of sp³-hybridized carbons (Fsp3) is 0.273. The van der Waals surface area contributed by atoms with E-state index in [2.05, 4.69) is 10.00 Å². The number of hydrogen-bond donors (Lipinski definition) is 1. The van der Waals surface area contributed by atoms with Gasteiger partial charge in [-0.2, -0.15) is 5.10 Å². The predicted molar refractivity (Wildman–Crippen MR) is 109 cm³/mol. The molecule has 0 spiro atoms. The number of halogens is 1. The van der Waals surface area contributed by atoms with Gasteiger partial charge in [-0.15, -0.1) is 0 Å². The Kier molecular flexibility index (Phi) is 5.20. The molecule has 0 aliphatic carbocycles. The third-order valence-corrected chi connectivity index (χ3v) is 5.29. The van der Waals surface area contributed by atoms with E-state index < -0.39 is 0 Å². The van der Waals surface area contributed by atoms with Gasteiger partial charge < -0.3 is 14.9 Å². The van der Waals surface area contributed by atoms with Gasteiger partial charge in [-0.25, -0.2) is 9.07 Å². The maximum atomic E-state index is 13.2. The van der Waals surface area contributed by atoms with Crippen LogP contribution in [-0.4, -0.2) is 51.9 Å². The molecule has 7 heteroatoms. The molecule has 1 aromatic heterocycles. The van der Waals surface area contributed by atoms with Gasteiger partial charge in [0.15, 0.2) is 0 Å². The highest BCUT2D eigenvalue weighted by molar-refractivity contribution is 5.95. The lowest BCUT2D eigenvalue weighted by Crippen LogP contribution is -2.49. The van der Waals surface area contributed by atoms with Crippen molar-refractivity contribution in [1.29, 1.82) is 0 Å². The van der Waals surface area contributed by atoms with Crippen LogP contribution in [0.15, 0.2) is 54.7 Å². The number of phenolic OH excluding ortho intramolecular Hbond substituents is 1. The molecule has 1 amide bonds. The van der Waals surface area contributed by atoms with Crippen molar-refractivity contribution >= 4 is 11.6 Å². The van der Waals surface area contributed by atoms with Crippen molar-refractivity contribution in [3.8, 4) is 11.4 Å². The van der Waals surface area contributed by atoms with Gasteiger partial charge in [0.2, 0.25) is 0 Å². The summed E-state index contributed by atoms with van der Waals surface area (Å²) in [5.74, 6) is -0.106. The normalized spacial score (nSPS) is 14.3. The van der Waals surface area contributed by atoms with Crippen LogP contribution in [0.2, 0.25) is 0 Å². The summed E-state index contributed by atoms with van der Waals surface area (Å²) in [5.41, 5.74) is 2.90. The minimum atomic E-state index is -0.308. The van der Waals surface area contributed by atoms with Crippen molar-refractivity contribution in [3.05, 3.63) is 71.8 Å². The van der Waals surface area contributed by atoms with E-state index in [4.69, 9.17) is 0 Å². The number of carbonyl (C=O) groups is 1. The van der Waals surface area contributed by atoms with Crippen LogP contribution in [0.5, 0.6) is 5.75 Å². The van der Waals surface area contributed by atoms with Crippen LogP contribution >= 0.6 is 0 Å². The third-order valence-electron chi connectivity index (χ3n) is 5.29. The summed E-state index contributed by atoms with van der Waals surface area (Å²) in [7, 11) is 0. The monoisotopic (exact) mass is 394 g/mol. The number of hydrogen-bond acceptors (Lipinski definition) is 4. The number of para-hydroxylation sites is 2. The Morgan fingerprint density at radius 2 is 1.76 bits per heavy atom. The van der Waals surface area contributed by atoms with Gasteiger partial charge in [0.05, 0.1) is 28.8 Å². The van der Waals surface area contributed by atoms with Gasteiger partial charge in [0.1, 0.15) is 11.6 Å². The summed E-state index contributed by atoms with van der Waals surface area (Å²) in [4.78, 5) is 17.0.